The van der Waals surface area contributed by atoms with Crippen LogP contribution >= 0.6 is 0 Å². The zero-order chi connectivity index (χ0) is 20.5. The Balaban J connectivity index is 1.58. The number of para-hydroxylation sites is 2. The van der Waals surface area contributed by atoms with E-state index in [4.69, 9.17) is 4.42 Å². The quantitative estimate of drug-likeness (QED) is 0.736. The van der Waals surface area contributed by atoms with Gasteiger partial charge in [-0.15, -0.1) is 0 Å². The number of carbonyl (C=O) groups is 1. The maximum absolute atomic E-state index is 13.0. The van der Waals surface area contributed by atoms with Gasteiger partial charge >= 0.3 is 5.63 Å². The van der Waals surface area contributed by atoms with Crippen molar-refractivity contribution >= 4 is 16.9 Å². The third kappa shape index (κ3) is 3.70. The molecule has 1 aliphatic rings. The van der Waals surface area contributed by atoms with Crippen LogP contribution in [0.4, 0.5) is 0 Å². The highest BCUT2D eigenvalue weighted by Gasteiger charge is 2.25. The van der Waals surface area contributed by atoms with E-state index >= 15 is 0 Å². The molecule has 7 nitrogen and oxygen atoms in total. The molecule has 0 aliphatic carbocycles. The number of hydrogen-bond donors (Lipinski definition) is 1. The SMILES string of the molecule is Cc1cc(C2CCCNC2)oc(=O)c1C(=O)N(C)Cc1nc2ccccc2n1C. The summed E-state index contributed by atoms with van der Waals surface area (Å²) in [6.45, 7) is 3.88. The van der Waals surface area contributed by atoms with Crippen molar-refractivity contribution in [1.29, 1.82) is 0 Å². The van der Waals surface area contributed by atoms with Crippen molar-refractivity contribution in [3.63, 3.8) is 0 Å². The van der Waals surface area contributed by atoms with Gasteiger partial charge < -0.3 is 19.2 Å². The molecule has 0 spiro atoms. The number of nitrogens with zero attached hydrogens (tertiary/aromatic N) is 3. The first-order valence-corrected chi connectivity index (χ1v) is 9.97. The Labute approximate surface area is 169 Å². The standard InChI is InChI=1S/C22H26N4O3/c1-14-11-18(15-7-6-10-23-12-15)29-22(28)20(14)21(27)25(2)13-19-24-16-8-4-5-9-17(16)26(19)3/h4-5,8-9,11,15,23H,6-7,10,12-13H2,1-3H3. The van der Waals surface area contributed by atoms with Crippen LogP contribution < -0.4 is 10.9 Å². The lowest BCUT2D eigenvalue weighted by Gasteiger charge is -2.22. The van der Waals surface area contributed by atoms with E-state index in [0.29, 0.717) is 17.9 Å². The zero-order valence-electron chi connectivity index (χ0n) is 17.1. The van der Waals surface area contributed by atoms with Crippen LogP contribution in [-0.2, 0) is 13.6 Å². The molecule has 0 saturated carbocycles. The van der Waals surface area contributed by atoms with E-state index in [1.165, 1.54) is 4.90 Å². The molecule has 7 heteroatoms. The summed E-state index contributed by atoms with van der Waals surface area (Å²) in [7, 11) is 3.61. The number of hydrogen-bond acceptors (Lipinski definition) is 5. The summed E-state index contributed by atoms with van der Waals surface area (Å²) in [4.78, 5) is 31.8. The van der Waals surface area contributed by atoms with Crippen molar-refractivity contribution in [2.75, 3.05) is 20.1 Å². The maximum atomic E-state index is 13.0. The van der Waals surface area contributed by atoms with Gasteiger partial charge in [-0.1, -0.05) is 12.1 Å². The summed E-state index contributed by atoms with van der Waals surface area (Å²) in [6, 6.07) is 9.67. The summed E-state index contributed by atoms with van der Waals surface area (Å²) in [5.41, 5.74) is 2.08. The van der Waals surface area contributed by atoms with Crippen molar-refractivity contribution in [3.8, 4) is 0 Å². The molecular formula is C22H26N4O3. The van der Waals surface area contributed by atoms with E-state index in [1.807, 2.05) is 41.9 Å². The molecule has 1 N–H and O–H groups in total. The summed E-state index contributed by atoms with van der Waals surface area (Å²) < 4.78 is 7.52. The van der Waals surface area contributed by atoms with Gasteiger partial charge in [0, 0.05) is 26.6 Å². The summed E-state index contributed by atoms with van der Waals surface area (Å²) >= 11 is 0. The Morgan fingerprint density at radius 3 is 2.86 bits per heavy atom. The molecule has 4 rings (SSSR count). The minimum atomic E-state index is -0.563. The van der Waals surface area contributed by atoms with Crippen LogP contribution in [0.5, 0.6) is 0 Å². The first-order chi connectivity index (χ1) is 14.0. The van der Waals surface area contributed by atoms with E-state index in [0.717, 1.165) is 42.8 Å². The molecular weight excluding hydrogens is 368 g/mol. The van der Waals surface area contributed by atoms with E-state index in [2.05, 4.69) is 10.3 Å². The number of amides is 1. The Morgan fingerprint density at radius 2 is 2.17 bits per heavy atom. The molecule has 1 atom stereocenters. The molecule has 0 bridgehead atoms. The minimum absolute atomic E-state index is 0.0961. The van der Waals surface area contributed by atoms with Crippen LogP contribution in [0.2, 0.25) is 0 Å². The number of rotatable bonds is 4. The molecule has 1 amide bonds. The first kappa shape index (κ1) is 19.4. The molecule has 1 aliphatic heterocycles. The summed E-state index contributed by atoms with van der Waals surface area (Å²) in [5.74, 6) is 1.25. The Bertz CT molecular complexity index is 1110. The van der Waals surface area contributed by atoms with Crippen LogP contribution in [0.25, 0.3) is 11.0 Å². The van der Waals surface area contributed by atoms with E-state index < -0.39 is 5.63 Å². The monoisotopic (exact) mass is 394 g/mol. The van der Waals surface area contributed by atoms with Gasteiger partial charge in [-0.2, -0.15) is 0 Å². The molecule has 29 heavy (non-hydrogen) atoms. The number of aryl methyl sites for hydroxylation is 2. The van der Waals surface area contributed by atoms with Crippen molar-refractivity contribution in [2.24, 2.45) is 7.05 Å². The molecule has 1 unspecified atom stereocenters. The molecule has 2 aromatic heterocycles. The number of benzene rings is 1. The van der Waals surface area contributed by atoms with Gasteiger partial charge in [0.25, 0.3) is 5.91 Å². The number of nitrogens with one attached hydrogen (secondary N) is 1. The Kier molecular flexibility index (Phi) is 5.24. The average molecular weight is 394 g/mol. The van der Waals surface area contributed by atoms with Crippen molar-refractivity contribution in [2.45, 2.75) is 32.2 Å². The largest absolute Gasteiger partial charge is 0.427 e. The highest BCUT2D eigenvalue weighted by Crippen LogP contribution is 2.24. The van der Waals surface area contributed by atoms with Crippen LogP contribution in [0.15, 0.2) is 39.5 Å². The second-order valence-electron chi connectivity index (χ2n) is 7.77. The predicted molar refractivity (Wildman–Crippen MR) is 111 cm³/mol. The summed E-state index contributed by atoms with van der Waals surface area (Å²) in [6.07, 6.45) is 2.03. The molecule has 152 valence electrons. The number of fused-ring (bicyclic) bond motifs is 1. The van der Waals surface area contributed by atoms with Gasteiger partial charge in [-0.05, 0) is 50.1 Å². The van der Waals surface area contributed by atoms with Crippen LogP contribution in [0, 0.1) is 6.92 Å². The second-order valence-corrected chi connectivity index (χ2v) is 7.77. The lowest BCUT2D eigenvalue weighted by atomic mass is 9.95. The minimum Gasteiger partial charge on any atom is -0.427 e. The molecule has 3 heterocycles. The van der Waals surface area contributed by atoms with E-state index in [1.54, 1.807) is 14.0 Å². The average Bonchev–Trinajstić information content (AvgIpc) is 3.03. The molecule has 1 aromatic carbocycles. The van der Waals surface area contributed by atoms with Crippen LogP contribution in [0.1, 0.15) is 46.3 Å². The fourth-order valence-electron chi connectivity index (χ4n) is 4.00. The number of aromatic nitrogens is 2. The normalized spacial score (nSPS) is 16.9. The Hall–Kier alpha value is -2.93. The topological polar surface area (TPSA) is 80.4 Å². The molecule has 1 saturated heterocycles. The van der Waals surface area contributed by atoms with Crippen LogP contribution in [0.3, 0.4) is 0 Å². The highest BCUT2D eigenvalue weighted by molar-refractivity contribution is 5.95. The van der Waals surface area contributed by atoms with E-state index in [9.17, 15) is 9.59 Å². The number of imidazole rings is 1. The van der Waals surface area contributed by atoms with Crippen molar-refractivity contribution < 1.29 is 9.21 Å². The second kappa shape index (κ2) is 7.83. The van der Waals surface area contributed by atoms with Gasteiger partial charge in [0.15, 0.2) is 0 Å². The third-order valence-electron chi connectivity index (χ3n) is 5.69. The van der Waals surface area contributed by atoms with Gasteiger partial charge in [-0.3, -0.25) is 4.79 Å². The fourth-order valence-corrected chi connectivity index (χ4v) is 4.00. The van der Waals surface area contributed by atoms with Crippen LogP contribution in [-0.4, -0.2) is 40.5 Å². The lowest BCUT2D eigenvalue weighted by Crippen LogP contribution is -2.33. The van der Waals surface area contributed by atoms with E-state index in [-0.39, 0.29) is 17.4 Å². The molecule has 3 aromatic rings. The summed E-state index contributed by atoms with van der Waals surface area (Å²) in [5, 5.41) is 3.32. The van der Waals surface area contributed by atoms with Gasteiger partial charge in [0.2, 0.25) is 0 Å². The predicted octanol–water partition coefficient (Wildman–Crippen LogP) is 2.57. The lowest BCUT2D eigenvalue weighted by molar-refractivity contribution is 0.0774. The van der Waals surface area contributed by atoms with Gasteiger partial charge in [0.1, 0.15) is 17.1 Å². The molecule has 0 radical (unpaired) electrons. The smallest absolute Gasteiger partial charge is 0.349 e. The first-order valence-electron chi connectivity index (χ1n) is 9.97. The maximum Gasteiger partial charge on any atom is 0.349 e. The zero-order valence-corrected chi connectivity index (χ0v) is 17.1. The number of carbonyl (C=O) groups excluding carboxylic acids is 1. The third-order valence-corrected chi connectivity index (χ3v) is 5.69. The van der Waals surface area contributed by atoms with Crippen molar-refractivity contribution in [3.05, 3.63) is 63.5 Å². The van der Waals surface area contributed by atoms with Gasteiger partial charge in [0.05, 0.1) is 17.6 Å². The fraction of sp³-hybridized carbons (Fsp3) is 0.409. The highest BCUT2D eigenvalue weighted by atomic mass is 16.4. The Morgan fingerprint density at radius 1 is 1.38 bits per heavy atom. The van der Waals surface area contributed by atoms with Gasteiger partial charge in [-0.25, -0.2) is 9.78 Å². The van der Waals surface area contributed by atoms with Crippen molar-refractivity contribution in [1.82, 2.24) is 19.8 Å². The molecule has 1 fully saturated rings. The number of piperidine rings is 1.